The Morgan fingerprint density at radius 2 is 2.09 bits per heavy atom. The maximum atomic E-state index is 10.6. The molecule has 180 valence electrons. The van der Waals surface area contributed by atoms with E-state index >= 15 is 0 Å². The Kier molecular flexibility index (Phi) is 5.56. The first-order chi connectivity index (χ1) is 17.0. The summed E-state index contributed by atoms with van der Waals surface area (Å²) < 4.78 is 7.20. The quantitative estimate of drug-likeness (QED) is 0.401. The third-order valence-electron chi connectivity index (χ3n) is 6.99. The predicted octanol–water partition coefficient (Wildman–Crippen LogP) is 2.53. The van der Waals surface area contributed by atoms with Crippen molar-refractivity contribution in [2.45, 2.75) is 31.5 Å². The molecule has 0 bridgehead atoms. The van der Waals surface area contributed by atoms with Gasteiger partial charge in [-0.1, -0.05) is 0 Å². The van der Waals surface area contributed by atoms with Crippen LogP contribution in [0.25, 0.3) is 22.0 Å². The summed E-state index contributed by atoms with van der Waals surface area (Å²) in [6.45, 7) is 5.21. The van der Waals surface area contributed by atoms with E-state index in [-0.39, 0.29) is 6.04 Å². The molecule has 0 aliphatic carbocycles. The first-order valence-corrected chi connectivity index (χ1v) is 11.8. The van der Waals surface area contributed by atoms with Crippen LogP contribution in [0.5, 0.6) is 0 Å². The third-order valence-corrected chi connectivity index (χ3v) is 6.99. The molecule has 6 heterocycles. The number of hydrogen-bond donors (Lipinski definition) is 3. The number of aromatic nitrogens is 5. The molecule has 0 aromatic carbocycles. The number of nitrogens with two attached hydrogens (primary N) is 1. The molecule has 2 atom stereocenters. The minimum absolute atomic E-state index is 0.0967. The molecule has 2 saturated heterocycles. The first kappa shape index (κ1) is 21.9. The molecule has 2 aliphatic rings. The van der Waals surface area contributed by atoms with Gasteiger partial charge in [0.05, 0.1) is 49.0 Å². The largest absolute Gasteiger partial charge is 0.391 e. The molecule has 0 saturated carbocycles. The van der Waals surface area contributed by atoms with Crippen LogP contribution in [0.1, 0.15) is 18.0 Å². The normalized spacial score (nSPS) is 21.2. The molecular formula is C25H28N8O2. The van der Waals surface area contributed by atoms with Crippen molar-refractivity contribution in [1.82, 2.24) is 29.6 Å². The number of hydrogen-bond acceptors (Lipinski definition) is 9. The van der Waals surface area contributed by atoms with E-state index in [1.165, 1.54) is 0 Å². The summed E-state index contributed by atoms with van der Waals surface area (Å²) in [5.41, 5.74) is 9.86. The molecule has 0 unspecified atom stereocenters. The van der Waals surface area contributed by atoms with E-state index in [4.69, 9.17) is 10.5 Å². The van der Waals surface area contributed by atoms with E-state index in [2.05, 4.69) is 30.3 Å². The van der Waals surface area contributed by atoms with Gasteiger partial charge in [0.2, 0.25) is 0 Å². The number of nitrogens with zero attached hydrogens (tertiary/aromatic N) is 6. The number of rotatable bonds is 5. The van der Waals surface area contributed by atoms with E-state index in [9.17, 15) is 5.11 Å². The van der Waals surface area contributed by atoms with E-state index in [0.29, 0.717) is 17.7 Å². The predicted molar refractivity (Wildman–Crippen MR) is 133 cm³/mol. The van der Waals surface area contributed by atoms with Crippen LogP contribution in [-0.2, 0) is 4.74 Å². The van der Waals surface area contributed by atoms with Gasteiger partial charge in [-0.15, -0.1) is 0 Å². The van der Waals surface area contributed by atoms with E-state index in [1.54, 1.807) is 24.8 Å². The Morgan fingerprint density at radius 3 is 2.89 bits per heavy atom. The second-order valence-corrected chi connectivity index (χ2v) is 9.32. The lowest BCUT2D eigenvalue weighted by molar-refractivity contribution is -0.0912. The van der Waals surface area contributed by atoms with Gasteiger partial charge in [0.25, 0.3) is 0 Å². The number of anilines is 3. The topological polar surface area (TPSA) is 127 Å². The smallest absolute Gasteiger partial charge is 0.133 e. The lowest BCUT2D eigenvalue weighted by Crippen LogP contribution is -2.55. The number of likely N-dealkylation sites (tertiary alicyclic amines) is 1. The van der Waals surface area contributed by atoms with Gasteiger partial charge in [-0.25, -0.2) is 9.97 Å². The van der Waals surface area contributed by atoms with Crippen molar-refractivity contribution in [1.29, 1.82) is 0 Å². The van der Waals surface area contributed by atoms with E-state index in [0.717, 1.165) is 66.0 Å². The Hall–Kier alpha value is -3.60. The van der Waals surface area contributed by atoms with Gasteiger partial charge in [0, 0.05) is 48.8 Å². The van der Waals surface area contributed by atoms with Crippen LogP contribution in [0.4, 0.5) is 17.3 Å². The zero-order valence-electron chi connectivity index (χ0n) is 19.5. The first-order valence-electron chi connectivity index (χ1n) is 11.8. The molecule has 2 fully saturated rings. The van der Waals surface area contributed by atoms with Crippen LogP contribution in [-0.4, -0.2) is 73.2 Å². The number of nitrogens with one attached hydrogen (secondary N) is 1. The Balaban J connectivity index is 1.24. The van der Waals surface area contributed by atoms with Gasteiger partial charge >= 0.3 is 0 Å². The molecule has 6 rings (SSSR count). The lowest BCUT2D eigenvalue weighted by atomic mass is 10.00. The van der Waals surface area contributed by atoms with Crippen molar-refractivity contribution in [3.8, 4) is 11.3 Å². The number of piperidine rings is 1. The average molecular weight is 473 g/mol. The molecule has 0 radical (unpaired) electrons. The number of ether oxygens (including phenoxy) is 1. The molecule has 0 amide bonds. The highest BCUT2D eigenvalue weighted by Gasteiger charge is 2.35. The SMILES string of the molecule is Cc1ccncc1-c1cc2cc(Nc3cnn([C@H]4CN(C5COC5)CC[C@@H]4O)c3)ncc2c(N)n1. The Labute approximate surface area is 202 Å². The summed E-state index contributed by atoms with van der Waals surface area (Å²) in [6.07, 6.45) is 9.28. The molecule has 4 aromatic rings. The molecule has 4 N–H and O–H groups in total. The second-order valence-electron chi connectivity index (χ2n) is 9.32. The van der Waals surface area contributed by atoms with Gasteiger partial charge in [-0.05, 0) is 42.5 Å². The minimum Gasteiger partial charge on any atom is -0.391 e. The maximum Gasteiger partial charge on any atom is 0.133 e. The van der Waals surface area contributed by atoms with Gasteiger partial charge < -0.3 is 20.9 Å². The van der Waals surface area contributed by atoms with E-state index < -0.39 is 6.10 Å². The Morgan fingerprint density at radius 1 is 1.20 bits per heavy atom. The molecule has 2 aliphatic heterocycles. The monoisotopic (exact) mass is 472 g/mol. The Bertz CT molecular complexity index is 1370. The molecule has 10 nitrogen and oxygen atoms in total. The zero-order valence-corrected chi connectivity index (χ0v) is 19.5. The summed E-state index contributed by atoms with van der Waals surface area (Å²) in [7, 11) is 0. The van der Waals surface area contributed by atoms with Crippen LogP contribution >= 0.6 is 0 Å². The number of aryl methyl sites for hydroxylation is 1. The fourth-order valence-electron chi connectivity index (χ4n) is 4.81. The third kappa shape index (κ3) is 4.20. The second kappa shape index (κ2) is 8.88. The van der Waals surface area contributed by atoms with E-state index in [1.807, 2.05) is 36.0 Å². The van der Waals surface area contributed by atoms with Gasteiger partial charge in [-0.2, -0.15) is 5.10 Å². The van der Waals surface area contributed by atoms with Crippen molar-refractivity contribution in [3.05, 3.63) is 54.7 Å². The van der Waals surface area contributed by atoms with Crippen molar-refractivity contribution in [2.75, 3.05) is 37.4 Å². The number of fused-ring (bicyclic) bond motifs is 1. The van der Waals surface area contributed by atoms with Crippen LogP contribution in [0.3, 0.4) is 0 Å². The van der Waals surface area contributed by atoms with Gasteiger partial charge in [0.1, 0.15) is 11.6 Å². The van der Waals surface area contributed by atoms with Gasteiger partial charge in [-0.3, -0.25) is 14.6 Å². The van der Waals surface area contributed by atoms with Crippen molar-refractivity contribution in [2.24, 2.45) is 0 Å². The molecule has 4 aromatic heterocycles. The molecule has 10 heteroatoms. The van der Waals surface area contributed by atoms with Crippen molar-refractivity contribution < 1.29 is 9.84 Å². The lowest BCUT2D eigenvalue weighted by Gasteiger charge is -2.43. The average Bonchev–Trinajstić information content (AvgIpc) is 3.27. The summed E-state index contributed by atoms with van der Waals surface area (Å²) in [5.74, 6) is 1.11. The highest BCUT2D eigenvalue weighted by Crippen LogP contribution is 2.30. The summed E-state index contributed by atoms with van der Waals surface area (Å²) >= 11 is 0. The van der Waals surface area contributed by atoms with Gasteiger partial charge in [0.15, 0.2) is 0 Å². The standard InChI is InChI=1S/C25H28N8O2/c1-15-2-4-27-9-19(15)21-6-16-7-24(28-10-20(16)25(26)31-21)30-17-8-29-33(11-17)22-12-32(5-3-23(22)34)18-13-35-14-18/h2,4,6-11,18,22-23,34H,3,5,12-14H2,1H3,(H2,26,31)(H,28,30)/t22-,23-/m0/s1. The van der Waals surface area contributed by atoms with Crippen molar-refractivity contribution >= 4 is 28.1 Å². The molecule has 35 heavy (non-hydrogen) atoms. The van der Waals surface area contributed by atoms with Crippen molar-refractivity contribution in [3.63, 3.8) is 0 Å². The number of pyridine rings is 3. The highest BCUT2D eigenvalue weighted by atomic mass is 16.5. The fraction of sp³-hybridized carbons (Fsp3) is 0.360. The number of aliphatic hydroxyl groups excluding tert-OH is 1. The van der Waals surface area contributed by atoms with Crippen LogP contribution in [0.15, 0.2) is 49.2 Å². The fourth-order valence-corrected chi connectivity index (χ4v) is 4.81. The summed E-state index contributed by atoms with van der Waals surface area (Å²) in [6, 6.07) is 6.26. The summed E-state index contributed by atoms with van der Waals surface area (Å²) in [5, 5.41) is 20.2. The number of aliphatic hydroxyl groups is 1. The zero-order chi connectivity index (χ0) is 23.9. The summed E-state index contributed by atoms with van der Waals surface area (Å²) in [4.78, 5) is 15.7. The van der Waals surface area contributed by atoms with Crippen LogP contribution < -0.4 is 11.1 Å². The number of nitrogen functional groups attached to an aromatic ring is 1. The molecular weight excluding hydrogens is 444 g/mol. The maximum absolute atomic E-state index is 10.6. The van der Waals surface area contributed by atoms with Crippen LogP contribution in [0, 0.1) is 6.92 Å². The minimum atomic E-state index is -0.427. The highest BCUT2D eigenvalue weighted by molar-refractivity contribution is 5.94. The van der Waals surface area contributed by atoms with Crippen LogP contribution in [0.2, 0.25) is 0 Å². The molecule has 0 spiro atoms.